The monoisotopic (exact) mass is 314 g/mol. The Morgan fingerprint density at radius 3 is 2.18 bits per heavy atom. The first-order valence-corrected chi connectivity index (χ1v) is 9.98. The molecule has 0 heterocycles. The van der Waals surface area contributed by atoms with Gasteiger partial charge in [0.05, 0.1) is 0 Å². The molecule has 5 heteroatoms. The Morgan fingerprint density at radius 1 is 1.18 bits per heavy atom. The van der Waals surface area contributed by atoms with Gasteiger partial charge in [0.2, 0.25) is 0 Å². The van der Waals surface area contributed by atoms with Crippen molar-refractivity contribution < 1.29 is 4.57 Å². The Labute approximate surface area is 85.6 Å². The first-order valence-electron chi connectivity index (χ1n) is 2.82. The van der Waals surface area contributed by atoms with E-state index in [1.165, 1.54) is 11.4 Å². The van der Waals surface area contributed by atoms with Crippen LogP contribution >= 0.6 is 46.1 Å². The zero-order valence-electron chi connectivity index (χ0n) is 5.41. The molecule has 0 aliphatic heterocycles. The number of hydrogen-bond acceptors (Lipinski definition) is 2. The number of rotatable bonds is 2. The van der Waals surface area contributed by atoms with Gasteiger partial charge in [-0.1, -0.05) is 18.2 Å². The lowest BCUT2D eigenvalue weighted by Gasteiger charge is -2.00. The van der Waals surface area contributed by atoms with E-state index in [1.54, 1.807) is 0 Å². The third-order valence-electron chi connectivity index (χ3n) is 0.955. The number of halogens is 2. The SMILES string of the molecule is O=P(Br)(Br)Sc1ccccc1. The Balaban J connectivity index is 2.74. The summed E-state index contributed by atoms with van der Waals surface area (Å²) in [6, 6.07) is 9.59. The van der Waals surface area contributed by atoms with Crippen LogP contribution in [-0.2, 0) is 4.57 Å². The lowest BCUT2D eigenvalue weighted by Crippen LogP contribution is -1.63. The first kappa shape index (κ1) is 9.85. The molecule has 1 rings (SSSR count). The predicted octanol–water partition coefficient (Wildman–Crippen LogP) is 4.68. The standard InChI is InChI=1S/C6H5Br2OPS/c7-10(8,9)11-6-4-2-1-3-5-6/h1-5H. The molecule has 0 aromatic heterocycles. The highest BCUT2D eigenvalue weighted by Crippen LogP contribution is 2.74. The summed E-state index contributed by atoms with van der Waals surface area (Å²) >= 11 is 7.39. The first-order chi connectivity index (χ1) is 5.08. The fourth-order valence-electron chi connectivity index (χ4n) is 0.604. The Hall–Kier alpha value is 0.760. The van der Waals surface area contributed by atoms with E-state index < -0.39 is 3.75 Å². The maximum Gasteiger partial charge on any atom is 0.264 e. The Kier molecular flexibility index (Phi) is 3.69. The molecule has 0 saturated carbocycles. The van der Waals surface area contributed by atoms with Gasteiger partial charge in [-0.3, -0.25) is 4.57 Å². The van der Waals surface area contributed by atoms with Crippen molar-refractivity contribution in [3.05, 3.63) is 30.3 Å². The second-order valence-electron chi connectivity index (χ2n) is 1.82. The van der Waals surface area contributed by atoms with Crippen molar-refractivity contribution in [2.45, 2.75) is 4.90 Å². The number of benzene rings is 1. The zero-order chi connectivity index (χ0) is 8.32. The van der Waals surface area contributed by atoms with Gasteiger partial charge >= 0.3 is 0 Å². The van der Waals surface area contributed by atoms with Crippen LogP contribution < -0.4 is 0 Å². The minimum Gasteiger partial charge on any atom is -0.287 e. The molecular formula is C6H5Br2OPS. The summed E-state index contributed by atoms with van der Waals surface area (Å²) < 4.78 is 8.83. The van der Waals surface area contributed by atoms with E-state index in [-0.39, 0.29) is 0 Å². The highest BCUT2D eigenvalue weighted by atomic mass is 79.9. The molecule has 0 spiro atoms. The Morgan fingerprint density at radius 2 is 1.73 bits per heavy atom. The van der Waals surface area contributed by atoms with Crippen molar-refractivity contribution in [1.29, 1.82) is 0 Å². The van der Waals surface area contributed by atoms with Crippen molar-refractivity contribution in [2.24, 2.45) is 0 Å². The molecule has 0 aliphatic rings. The molecular weight excluding hydrogens is 311 g/mol. The highest BCUT2D eigenvalue weighted by molar-refractivity contribution is 9.79. The van der Waals surface area contributed by atoms with E-state index in [1.807, 2.05) is 30.3 Å². The van der Waals surface area contributed by atoms with Crippen LogP contribution in [0, 0.1) is 0 Å². The minimum absolute atomic E-state index is 0.990. The van der Waals surface area contributed by atoms with Crippen LogP contribution in [0.2, 0.25) is 0 Å². The molecule has 11 heavy (non-hydrogen) atoms. The van der Waals surface area contributed by atoms with E-state index in [0.717, 1.165) is 4.90 Å². The molecule has 0 amide bonds. The van der Waals surface area contributed by atoms with Crippen molar-refractivity contribution >= 4 is 46.1 Å². The van der Waals surface area contributed by atoms with Crippen LogP contribution in [-0.4, -0.2) is 0 Å². The normalized spacial score (nSPS) is 11.5. The molecule has 0 radical (unpaired) electrons. The maximum atomic E-state index is 11.2. The van der Waals surface area contributed by atoms with Gasteiger partial charge in [-0.2, -0.15) is 0 Å². The third kappa shape index (κ3) is 4.36. The lowest BCUT2D eigenvalue weighted by atomic mass is 10.4. The van der Waals surface area contributed by atoms with Gasteiger partial charge in [-0.25, -0.2) is 0 Å². The van der Waals surface area contributed by atoms with E-state index in [9.17, 15) is 4.57 Å². The lowest BCUT2D eigenvalue weighted by molar-refractivity contribution is 0.602. The van der Waals surface area contributed by atoms with Crippen molar-refractivity contribution in [3.8, 4) is 0 Å². The molecule has 1 aromatic carbocycles. The second-order valence-corrected chi connectivity index (χ2v) is 17.1. The van der Waals surface area contributed by atoms with E-state index >= 15 is 0 Å². The van der Waals surface area contributed by atoms with Gasteiger partial charge < -0.3 is 0 Å². The van der Waals surface area contributed by atoms with Gasteiger partial charge in [-0.15, -0.1) is 0 Å². The molecule has 1 aromatic rings. The summed E-state index contributed by atoms with van der Waals surface area (Å²) in [6.45, 7) is 0. The molecule has 60 valence electrons. The van der Waals surface area contributed by atoms with Gasteiger partial charge in [0.15, 0.2) is 0 Å². The van der Waals surface area contributed by atoms with Crippen molar-refractivity contribution in [1.82, 2.24) is 0 Å². The zero-order valence-corrected chi connectivity index (χ0v) is 10.3. The maximum absolute atomic E-state index is 11.2. The summed E-state index contributed by atoms with van der Waals surface area (Å²) in [6.07, 6.45) is 0. The van der Waals surface area contributed by atoms with Crippen LogP contribution in [0.4, 0.5) is 0 Å². The van der Waals surface area contributed by atoms with E-state index in [4.69, 9.17) is 0 Å². The third-order valence-corrected chi connectivity index (χ3v) is 5.53. The smallest absolute Gasteiger partial charge is 0.264 e. The molecule has 1 nitrogen and oxygen atoms in total. The largest absolute Gasteiger partial charge is 0.287 e. The van der Waals surface area contributed by atoms with E-state index in [0.29, 0.717) is 0 Å². The van der Waals surface area contributed by atoms with E-state index in [2.05, 4.69) is 31.0 Å². The average molecular weight is 316 g/mol. The van der Waals surface area contributed by atoms with Gasteiger partial charge in [0.1, 0.15) is 0 Å². The van der Waals surface area contributed by atoms with Crippen molar-refractivity contribution in [3.63, 3.8) is 0 Å². The number of hydrogen-bond donors (Lipinski definition) is 0. The molecule has 0 fully saturated rings. The highest BCUT2D eigenvalue weighted by Gasteiger charge is 2.13. The molecule has 0 aliphatic carbocycles. The van der Waals surface area contributed by atoms with Crippen LogP contribution in [0.15, 0.2) is 35.2 Å². The fraction of sp³-hybridized carbons (Fsp3) is 0. The van der Waals surface area contributed by atoms with Gasteiger partial charge in [0.25, 0.3) is 3.75 Å². The predicted molar refractivity (Wildman–Crippen MR) is 57.8 cm³/mol. The molecule has 0 N–H and O–H groups in total. The summed E-state index contributed by atoms with van der Waals surface area (Å²) in [7, 11) is 0. The molecule has 0 bridgehead atoms. The summed E-state index contributed by atoms with van der Waals surface area (Å²) in [5, 5.41) is 0. The quantitative estimate of drug-likeness (QED) is 0.737. The summed E-state index contributed by atoms with van der Waals surface area (Å²) in [5.41, 5.74) is 0. The minimum atomic E-state index is -2.35. The van der Waals surface area contributed by atoms with Gasteiger partial charge in [0, 0.05) is 35.9 Å². The molecule has 0 unspecified atom stereocenters. The summed E-state index contributed by atoms with van der Waals surface area (Å²) in [4.78, 5) is 0.990. The average Bonchev–Trinajstić information content (AvgIpc) is 1.85. The van der Waals surface area contributed by atoms with Crippen LogP contribution in [0.1, 0.15) is 0 Å². The fourth-order valence-corrected chi connectivity index (χ4v) is 5.24. The van der Waals surface area contributed by atoms with Crippen LogP contribution in [0.5, 0.6) is 0 Å². The summed E-state index contributed by atoms with van der Waals surface area (Å²) in [5.74, 6) is 0. The van der Waals surface area contributed by atoms with Crippen LogP contribution in [0.3, 0.4) is 0 Å². The Bertz CT molecular complexity index is 271. The van der Waals surface area contributed by atoms with Gasteiger partial charge in [-0.05, 0) is 23.5 Å². The molecule has 0 saturated heterocycles. The van der Waals surface area contributed by atoms with Crippen LogP contribution in [0.25, 0.3) is 0 Å². The molecule has 0 atom stereocenters. The second kappa shape index (κ2) is 4.13. The van der Waals surface area contributed by atoms with Crippen molar-refractivity contribution in [2.75, 3.05) is 0 Å². The topological polar surface area (TPSA) is 17.1 Å².